The van der Waals surface area contributed by atoms with Crippen molar-refractivity contribution in [2.24, 2.45) is 0 Å². The number of nitrogens with one attached hydrogen (secondary N) is 1. The summed E-state index contributed by atoms with van der Waals surface area (Å²) in [5.74, 6) is 1.13. The van der Waals surface area contributed by atoms with Crippen molar-refractivity contribution in [1.29, 1.82) is 0 Å². The Morgan fingerprint density at radius 2 is 2.18 bits per heavy atom. The lowest BCUT2D eigenvalue weighted by Crippen LogP contribution is -2.03. The molecule has 0 aromatic carbocycles. The monoisotopic (exact) mass is 250 g/mol. The number of aromatic nitrogens is 3. The molecule has 2 rings (SSSR count). The topological polar surface area (TPSA) is 59.9 Å². The summed E-state index contributed by atoms with van der Waals surface area (Å²) in [6.45, 7) is 0.603. The molecule has 0 amide bonds. The van der Waals surface area contributed by atoms with E-state index >= 15 is 0 Å². The van der Waals surface area contributed by atoms with Gasteiger partial charge in [-0.25, -0.2) is 4.98 Å². The van der Waals surface area contributed by atoms with Gasteiger partial charge in [0.15, 0.2) is 0 Å². The summed E-state index contributed by atoms with van der Waals surface area (Å²) in [5.41, 5.74) is 1.01. The molecule has 88 valence electrons. The Morgan fingerprint density at radius 3 is 2.88 bits per heavy atom. The lowest BCUT2D eigenvalue weighted by atomic mass is 10.3. The lowest BCUT2D eigenvalue weighted by molar-refractivity contribution is 0.396. The largest absolute Gasteiger partial charge is 0.480 e. The summed E-state index contributed by atoms with van der Waals surface area (Å²) in [7, 11) is 1.55. The van der Waals surface area contributed by atoms with Gasteiger partial charge >= 0.3 is 0 Å². The van der Waals surface area contributed by atoms with Crippen LogP contribution in [-0.4, -0.2) is 22.1 Å². The van der Waals surface area contributed by atoms with Gasteiger partial charge in [0.05, 0.1) is 19.5 Å². The Bertz CT molecular complexity index is 489. The lowest BCUT2D eigenvalue weighted by Gasteiger charge is -2.06. The van der Waals surface area contributed by atoms with Gasteiger partial charge in [-0.05, 0) is 11.6 Å². The number of rotatable bonds is 4. The zero-order valence-corrected chi connectivity index (χ0v) is 9.98. The zero-order chi connectivity index (χ0) is 12.1. The van der Waals surface area contributed by atoms with Crippen molar-refractivity contribution in [1.82, 2.24) is 15.0 Å². The van der Waals surface area contributed by atoms with Crippen molar-refractivity contribution in [3.05, 3.63) is 41.4 Å². The van der Waals surface area contributed by atoms with Crippen molar-refractivity contribution in [3.63, 3.8) is 0 Å². The number of hydrogen-bond acceptors (Lipinski definition) is 5. The van der Waals surface area contributed by atoms with E-state index in [0.29, 0.717) is 23.4 Å². The van der Waals surface area contributed by atoms with Gasteiger partial charge in [-0.2, -0.15) is 4.98 Å². The molecule has 0 spiro atoms. The molecule has 0 fully saturated rings. The first-order valence-electron chi connectivity index (χ1n) is 4.98. The molecule has 0 aliphatic heterocycles. The predicted octanol–water partition coefficient (Wildman–Crippen LogP) is 2.15. The normalized spacial score (nSPS) is 10.0. The molecular weight excluding hydrogens is 240 g/mol. The molecule has 0 atom stereocenters. The third-order valence-corrected chi connectivity index (χ3v) is 2.31. The van der Waals surface area contributed by atoms with Gasteiger partial charge in [0, 0.05) is 12.7 Å². The predicted molar refractivity (Wildman–Crippen MR) is 65.2 cm³/mol. The van der Waals surface area contributed by atoms with Crippen LogP contribution < -0.4 is 10.1 Å². The molecule has 0 saturated carbocycles. The number of pyridine rings is 1. The third kappa shape index (κ3) is 3.29. The van der Waals surface area contributed by atoms with Crippen LogP contribution in [0.3, 0.4) is 0 Å². The molecule has 2 aromatic heterocycles. The minimum Gasteiger partial charge on any atom is -0.480 e. The van der Waals surface area contributed by atoms with Crippen molar-refractivity contribution in [2.75, 3.05) is 12.4 Å². The maximum absolute atomic E-state index is 5.70. The van der Waals surface area contributed by atoms with Crippen molar-refractivity contribution in [2.45, 2.75) is 6.54 Å². The van der Waals surface area contributed by atoms with E-state index in [-0.39, 0.29) is 0 Å². The van der Waals surface area contributed by atoms with E-state index in [0.717, 1.165) is 5.56 Å². The highest BCUT2D eigenvalue weighted by Gasteiger charge is 1.99. The fraction of sp³-hybridized carbons (Fsp3) is 0.182. The summed E-state index contributed by atoms with van der Waals surface area (Å²) in [6, 6.07) is 3.64. The first kappa shape index (κ1) is 11.6. The summed E-state index contributed by atoms with van der Waals surface area (Å²) in [5, 5.41) is 3.60. The molecule has 1 N–H and O–H groups in total. The Balaban J connectivity index is 1.99. The summed E-state index contributed by atoms with van der Waals surface area (Å²) < 4.78 is 4.98. The summed E-state index contributed by atoms with van der Waals surface area (Å²) >= 11 is 5.70. The molecule has 2 aromatic rings. The quantitative estimate of drug-likeness (QED) is 0.843. The SMILES string of the molecule is COc1cncc(NCc2ccc(Cl)nc2)n1. The molecule has 0 unspecified atom stereocenters. The van der Waals surface area contributed by atoms with Crippen LogP contribution in [-0.2, 0) is 6.54 Å². The first-order chi connectivity index (χ1) is 8.28. The Morgan fingerprint density at radius 1 is 1.29 bits per heavy atom. The molecule has 2 heterocycles. The van der Waals surface area contributed by atoms with E-state index in [9.17, 15) is 0 Å². The minimum absolute atomic E-state index is 0.476. The Kier molecular flexibility index (Phi) is 3.72. The molecule has 6 heteroatoms. The van der Waals surface area contributed by atoms with Gasteiger partial charge in [0.2, 0.25) is 5.88 Å². The number of halogens is 1. The zero-order valence-electron chi connectivity index (χ0n) is 9.22. The standard InChI is InChI=1S/C11H11ClN4O/c1-17-11-7-13-6-10(16-11)15-5-8-2-3-9(12)14-4-8/h2-4,6-7H,5H2,1H3,(H,15,16). The van der Waals surface area contributed by atoms with Gasteiger partial charge in [-0.1, -0.05) is 17.7 Å². The van der Waals surface area contributed by atoms with Crippen molar-refractivity contribution >= 4 is 17.4 Å². The van der Waals surface area contributed by atoms with Gasteiger partial charge in [0.1, 0.15) is 11.0 Å². The van der Waals surface area contributed by atoms with Crippen LogP contribution in [0.1, 0.15) is 5.56 Å². The minimum atomic E-state index is 0.476. The Labute approximate surface area is 104 Å². The third-order valence-electron chi connectivity index (χ3n) is 2.08. The summed E-state index contributed by atoms with van der Waals surface area (Å²) in [6.07, 6.45) is 4.89. The molecule has 0 aliphatic rings. The van der Waals surface area contributed by atoms with Crippen LogP contribution >= 0.6 is 11.6 Å². The fourth-order valence-corrected chi connectivity index (χ4v) is 1.35. The van der Waals surface area contributed by atoms with E-state index < -0.39 is 0 Å². The number of anilines is 1. The van der Waals surface area contributed by atoms with Crippen molar-refractivity contribution in [3.8, 4) is 5.88 Å². The number of hydrogen-bond donors (Lipinski definition) is 1. The van der Waals surface area contributed by atoms with Crippen LogP contribution in [0.5, 0.6) is 5.88 Å². The smallest absolute Gasteiger partial charge is 0.233 e. The molecule has 0 saturated heterocycles. The molecule has 0 radical (unpaired) electrons. The second kappa shape index (κ2) is 5.45. The second-order valence-electron chi connectivity index (χ2n) is 3.29. The van der Waals surface area contributed by atoms with E-state index in [1.807, 2.05) is 6.07 Å². The van der Waals surface area contributed by atoms with Gasteiger partial charge in [-0.15, -0.1) is 0 Å². The highest BCUT2D eigenvalue weighted by molar-refractivity contribution is 6.29. The summed E-state index contributed by atoms with van der Waals surface area (Å²) in [4.78, 5) is 12.2. The maximum Gasteiger partial charge on any atom is 0.233 e. The Hall–Kier alpha value is -1.88. The highest BCUT2D eigenvalue weighted by Crippen LogP contribution is 2.10. The molecule has 5 nitrogen and oxygen atoms in total. The maximum atomic E-state index is 5.70. The molecule has 0 aliphatic carbocycles. The van der Waals surface area contributed by atoms with Gasteiger partial charge < -0.3 is 10.1 Å². The average Bonchev–Trinajstić information content (AvgIpc) is 2.38. The van der Waals surface area contributed by atoms with Crippen LogP contribution in [0.2, 0.25) is 5.15 Å². The fourth-order valence-electron chi connectivity index (χ4n) is 1.24. The van der Waals surface area contributed by atoms with E-state index in [1.54, 1.807) is 31.8 Å². The number of ether oxygens (including phenoxy) is 1. The van der Waals surface area contributed by atoms with E-state index in [4.69, 9.17) is 16.3 Å². The molecular formula is C11H11ClN4O. The van der Waals surface area contributed by atoms with Crippen LogP contribution in [0.25, 0.3) is 0 Å². The average molecular weight is 251 g/mol. The van der Waals surface area contributed by atoms with E-state index in [1.165, 1.54) is 0 Å². The van der Waals surface area contributed by atoms with E-state index in [2.05, 4.69) is 20.3 Å². The van der Waals surface area contributed by atoms with Gasteiger partial charge in [0.25, 0.3) is 0 Å². The second-order valence-corrected chi connectivity index (χ2v) is 3.68. The van der Waals surface area contributed by atoms with Crippen LogP contribution in [0.4, 0.5) is 5.82 Å². The molecule has 0 bridgehead atoms. The van der Waals surface area contributed by atoms with Gasteiger partial charge in [-0.3, -0.25) is 4.98 Å². The van der Waals surface area contributed by atoms with Crippen molar-refractivity contribution < 1.29 is 4.74 Å². The van der Waals surface area contributed by atoms with Crippen LogP contribution in [0.15, 0.2) is 30.7 Å². The first-order valence-corrected chi connectivity index (χ1v) is 5.36. The molecule has 17 heavy (non-hydrogen) atoms. The van der Waals surface area contributed by atoms with Crippen LogP contribution in [0, 0.1) is 0 Å². The number of methoxy groups -OCH3 is 1. The highest BCUT2D eigenvalue weighted by atomic mass is 35.5. The number of nitrogens with zero attached hydrogens (tertiary/aromatic N) is 3.